The Kier molecular flexibility index (Phi) is 5.08. The summed E-state index contributed by atoms with van der Waals surface area (Å²) in [7, 11) is 0. The molecule has 0 amide bonds. The lowest BCUT2D eigenvalue weighted by atomic mass is 10.2. The number of carbonyl (C=O) groups is 1. The van der Waals surface area contributed by atoms with Gasteiger partial charge in [-0.2, -0.15) is 4.68 Å². The summed E-state index contributed by atoms with van der Waals surface area (Å²) in [6.45, 7) is -0.111. The Hall–Kier alpha value is -3.88. The van der Waals surface area contributed by atoms with Gasteiger partial charge in [-0.3, -0.25) is 10.1 Å². The average Bonchev–Trinajstić information content (AvgIpc) is 3.14. The Balaban J connectivity index is 1.63. The Morgan fingerprint density at radius 3 is 2.77 bits per heavy atom. The SMILES string of the molecule is O=C(C=Cc1cccc([N+](=O)[O-])c1)OCc1nnnn1-c1ccccc1. The second-order valence-corrected chi connectivity index (χ2v) is 5.14. The van der Waals surface area contributed by atoms with Gasteiger partial charge in [0.05, 0.1) is 10.6 Å². The van der Waals surface area contributed by atoms with E-state index < -0.39 is 10.9 Å². The second-order valence-electron chi connectivity index (χ2n) is 5.14. The molecule has 130 valence electrons. The van der Waals surface area contributed by atoms with Crippen LogP contribution in [0.4, 0.5) is 5.69 Å². The zero-order valence-electron chi connectivity index (χ0n) is 13.4. The summed E-state index contributed by atoms with van der Waals surface area (Å²) in [5.74, 6) is -0.243. The monoisotopic (exact) mass is 351 g/mol. The van der Waals surface area contributed by atoms with Crippen LogP contribution in [-0.4, -0.2) is 31.1 Å². The molecule has 0 bridgehead atoms. The highest BCUT2D eigenvalue weighted by Crippen LogP contribution is 2.14. The zero-order valence-corrected chi connectivity index (χ0v) is 13.4. The maximum Gasteiger partial charge on any atom is 0.331 e. The number of hydrogen-bond donors (Lipinski definition) is 0. The molecule has 9 nitrogen and oxygen atoms in total. The van der Waals surface area contributed by atoms with Crippen molar-refractivity contribution in [3.8, 4) is 5.69 Å². The summed E-state index contributed by atoms with van der Waals surface area (Å²) in [6, 6.07) is 15.1. The number of esters is 1. The van der Waals surface area contributed by atoms with Crippen molar-refractivity contribution in [1.82, 2.24) is 20.2 Å². The van der Waals surface area contributed by atoms with Crippen LogP contribution < -0.4 is 0 Å². The first-order valence-corrected chi connectivity index (χ1v) is 7.55. The number of para-hydroxylation sites is 1. The molecule has 0 saturated carbocycles. The van der Waals surface area contributed by atoms with Gasteiger partial charge < -0.3 is 4.74 Å². The zero-order chi connectivity index (χ0) is 18.4. The fraction of sp³-hybridized carbons (Fsp3) is 0.0588. The number of nitro benzene ring substituents is 1. The van der Waals surface area contributed by atoms with E-state index in [-0.39, 0.29) is 12.3 Å². The minimum atomic E-state index is -0.612. The molecule has 1 aromatic heterocycles. The second kappa shape index (κ2) is 7.79. The number of hydrogen-bond acceptors (Lipinski definition) is 7. The smallest absolute Gasteiger partial charge is 0.331 e. The molecule has 1 heterocycles. The van der Waals surface area contributed by atoms with Gasteiger partial charge in [0.1, 0.15) is 0 Å². The van der Waals surface area contributed by atoms with E-state index in [1.807, 2.05) is 30.3 Å². The molecule has 0 aliphatic rings. The number of aromatic nitrogens is 4. The largest absolute Gasteiger partial charge is 0.454 e. The summed E-state index contributed by atoms with van der Waals surface area (Å²) in [5.41, 5.74) is 1.21. The van der Waals surface area contributed by atoms with E-state index in [0.717, 1.165) is 5.69 Å². The third-order valence-electron chi connectivity index (χ3n) is 3.37. The number of tetrazole rings is 1. The molecular weight excluding hydrogens is 338 g/mol. The Morgan fingerprint density at radius 2 is 2.00 bits per heavy atom. The van der Waals surface area contributed by atoms with Crippen LogP contribution in [0.3, 0.4) is 0 Å². The summed E-state index contributed by atoms with van der Waals surface area (Å²) >= 11 is 0. The number of nitro groups is 1. The van der Waals surface area contributed by atoms with Crippen LogP contribution in [-0.2, 0) is 16.1 Å². The predicted octanol–water partition coefficient (Wildman–Crippen LogP) is 2.33. The van der Waals surface area contributed by atoms with Crippen LogP contribution in [0.15, 0.2) is 60.7 Å². The molecule has 9 heteroatoms. The minimum absolute atomic E-state index is 0.0532. The van der Waals surface area contributed by atoms with Crippen LogP contribution in [0.25, 0.3) is 11.8 Å². The molecule has 2 aromatic carbocycles. The van der Waals surface area contributed by atoms with E-state index in [2.05, 4.69) is 15.5 Å². The highest BCUT2D eigenvalue weighted by Gasteiger charge is 2.10. The fourth-order valence-electron chi connectivity index (χ4n) is 2.16. The van der Waals surface area contributed by atoms with Crippen LogP contribution >= 0.6 is 0 Å². The van der Waals surface area contributed by atoms with E-state index in [1.165, 1.54) is 35.0 Å². The highest BCUT2D eigenvalue weighted by molar-refractivity contribution is 5.87. The quantitative estimate of drug-likeness (QED) is 0.290. The van der Waals surface area contributed by atoms with E-state index in [0.29, 0.717) is 11.4 Å². The molecule has 26 heavy (non-hydrogen) atoms. The van der Waals surface area contributed by atoms with Gasteiger partial charge in [-0.15, -0.1) is 5.10 Å². The number of non-ortho nitro benzene ring substituents is 1. The summed E-state index contributed by atoms with van der Waals surface area (Å²) < 4.78 is 6.59. The first-order valence-electron chi connectivity index (χ1n) is 7.55. The van der Waals surface area contributed by atoms with E-state index in [1.54, 1.807) is 6.07 Å². The van der Waals surface area contributed by atoms with E-state index in [4.69, 9.17) is 4.74 Å². The standard InChI is InChI=1S/C17H13N5O4/c23-17(10-9-13-5-4-8-15(11-13)22(24)25)26-12-16-18-19-20-21(16)14-6-2-1-3-7-14/h1-11H,12H2. The first-order chi connectivity index (χ1) is 12.6. The third-order valence-corrected chi connectivity index (χ3v) is 3.37. The van der Waals surface area contributed by atoms with Gasteiger partial charge in [0.25, 0.3) is 5.69 Å². The topological polar surface area (TPSA) is 113 Å². The molecule has 0 radical (unpaired) electrons. The van der Waals surface area contributed by atoms with Crippen molar-refractivity contribution in [2.75, 3.05) is 0 Å². The van der Waals surface area contributed by atoms with Crippen molar-refractivity contribution in [3.63, 3.8) is 0 Å². The highest BCUT2D eigenvalue weighted by atomic mass is 16.6. The van der Waals surface area contributed by atoms with Crippen molar-refractivity contribution in [3.05, 3.63) is 82.2 Å². The van der Waals surface area contributed by atoms with Crippen LogP contribution in [0.1, 0.15) is 11.4 Å². The average molecular weight is 351 g/mol. The summed E-state index contributed by atoms with van der Waals surface area (Å²) in [5, 5.41) is 22.0. The molecule has 0 atom stereocenters. The first kappa shape index (κ1) is 17.0. The number of nitrogens with zero attached hydrogens (tertiary/aromatic N) is 5. The number of benzene rings is 2. The van der Waals surface area contributed by atoms with Gasteiger partial charge in [0, 0.05) is 18.2 Å². The number of rotatable bonds is 6. The van der Waals surface area contributed by atoms with Crippen LogP contribution in [0.2, 0.25) is 0 Å². The number of carbonyl (C=O) groups excluding carboxylic acids is 1. The summed E-state index contributed by atoms with van der Waals surface area (Å²) in [6.07, 6.45) is 2.63. The van der Waals surface area contributed by atoms with Gasteiger partial charge in [-0.05, 0) is 34.2 Å². The van der Waals surface area contributed by atoms with Crippen molar-refractivity contribution >= 4 is 17.7 Å². The lowest BCUT2D eigenvalue weighted by molar-refractivity contribution is -0.384. The molecular formula is C17H13N5O4. The van der Waals surface area contributed by atoms with Crippen molar-refractivity contribution < 1.29 is 14.5 Å². The lowest BCUT2D eigenvalue weighted by Crippen LogP contribution is -2.08. The number of ether oxygens (including phenoxy) is 1. The molecule has 0 N–H and O–H groups in total. The summed E-state index contributed by atoms with van der Waals surface area (Å²) in [4.78, 5) is 22.1. The van der Waals surface area contributed by atoms with Gasteiger partial charge in [0.2, 0.25) is 0 Å². The molecule has 0 fully saturated rings. The van der Waals surface area contributed by atoms with Crippen LogP contribution in [0, 0.1) is 10.1 Å². The lowest BCUT2D eigenvalue weighted by Gasteiger charge is -2.04. The molecule has 3 aromatic rings. The Morgan fingerprint density at radius 1 is 1.19 bits per heavy atom. The van der Waals surface area contributed by atoms with Crippen LogP contribution in [0.5, 0.6) is 0 Å². The minimum Gasteiger partial charge on any atom is -0.454 e. The van der Waals surface area contributed by atoms with E-state index >= 15 is 0 Å². The van der Waals surface area contributed by atoms with Gasteiger partial charge in [-0.25, -0.2) is 4.79 Å². The molecule has 3 rings (SSSR count). The van der Waals surface area contributed by atoms with Crippen molar-refractivity contribution in [1.29, 1.82) is 0 Å². The van der Waals surface area contributed by atoms with Gasteiger partial charge in [-0.1, -0.05) is 30.3 Å². The van der Waals surface area contributed by atoms with E-state index in [9.17, 15) is 14.9 Å². The Labute approximate surface area is 147 Å². The molecule has 0 aliphatic heterocycles. The molecule has 0 unspecified atom stereocenters. The fourth-order valence-corrected chi connectivity index (χ4v) is 2.16. The maximum atomic E-state index is 11.9. The molecule has 0 saturated heterocycles. The maximum absolute atomic E-state index is 11.9. The van der Waals surface area contributed by atoms with Crippen molar-refractivity contribution in [2.45, 2.75) is 6.61 Å². The predicted molar refractivity (Wildman–Crippen MR) is 91.1 cm³/mol. The van der Waals surface area contributed by atoms with Gasteiger partial charge in [0.15, 0.2) is 12.4 Å². The molecule has 0 spiro atoms. The third kappa shape index (κ3) is 4.15. The molecule has 0 aliphatic carbocycles. The van der Waals surface area contributed by atoms with Crippen molar-refractivity contribution in [2.24, 2.45) is 0 Å². The van der Waals surface area contributed by atoms with Gasteiger partial charge >= 0.3 is 5.97 Å². The normalized spacial score (nSPS) is 10.8. The Bertz CT molecular complexity index is 953.